The molecule has 1 aromatic heterocycles. The Bertz CT molecular complexity index is 469. The summed E-state index contributed by atoms with van der Waals surface area (Å²) in [5, 5.41) is 2.66. The van der Waals surface area contributed by atoms with Gasteiger partial charge < -0.3 is 15.8 Å². The van der Waals surface area contributed by atoms with Crippen LogP contribution in [-0.2, 0) is 4.74 Å². The molecule has 0 atom stereocenters. The second-order valence-electron chi connectivity index (χ2n) is 3.61. The number of aromatic nitrogens is 1. The van der Waals surface area contributed by atoms with Crippen LogP contribution in [0.2, 0.25) is 0 Å². The van der Waals surface area contributed by atoms with Gasteiger partial charge in [0.05, 0.1) is 18.5 Å². The van der Waals surface area contributed by atoms with E-state index in [2.05, 4.69) is 10.3 Å². The quantitative estimate of drug-likeness (QED) is 0.621. The van der Waals surface area contributed by atoms with Crippen LogP contribution in [-0.4, -0.2) is 35.4 Å². The minimum absolute atomic E-state index is 0.00744. The van der Waals surface area contributed by atoms with Gasteiger partial charge in [0.1, 0.15) is 11.4 Å². The van der Waals surface area contributed by atoms with Crippen LogP contribution in [0.15, 0.2) is 12.3 Å². The van der Waals surface area contributed by atoms with Crippen molar-refractivity contribution in [3.8, 4) is 0 Å². The molecule has 20 heavy (non-hydrogen) atoms. The Labute approximate surface area is 118 Å². The molecule has 0 aliphatic rings. The molecule has 3 N–H and O–H groups in total. The van der Waals surface area contributed by atoms with Crippen molar-refractivity contribution in [2.24, 2.45) is 0 Å². The van der Waals surface area contributed by atoms with Gasteiger partial charge in [-0.1, -0.05) is 0 Å². The molecule has 5 nitrogen and oxygen atoms in total. The van der Waals surface area contributed by atoms with E-state index in [1.807, 2.05) is 0 Å². The van der Waals surface area contributed by atoms with Crippen molar-refractivity contribution in [1.29, 1.82) is 0 Å². The Balaban J connectivity index is 2.67. The zero-order valence-corrected chi connectivity index (χ0v) is 11.5. The predicted octanol–water partition coefficient (Wildman–Crippen LogP) is 2.51. The summed E-state index contributed by atoms with van der Waals surface area (Å²) in [5.74, 6) is -0.670. The highest BCUT2D eigenvalue weighted by molar-refractivity contribution is 8.00. The van der Waals surface area contributed by atoms with Crippen LogP contribution in [0.5, 0.6) is 0 Å². The van der Waals surface area contributed by atoms with Crippen molar-refractivity contribution in [3.63, 3.8) is 0 Å². The lowest BCUT2D eigenvalue weighted by atomic mass is 10.2. The molecule has 0 aliphatic heterocycles. The van der Waals surface area contributed by atoms with Crippen molar-refractivity contribution in [2.45, 2.75) is 12.4 Å². The van der Waals surface area contributed by atoms with E-state index in [1.54, 1.807) is 6.92 Å². The molecule has 0 fully saturated rings. The van der Waals surface area contributed by atoms with Gasteiger partial charge in [0.25, 0.3) is 0 Å². The van der Waals surface area contributed by atoms with E-state index in [1.165, 1.54) is 12.3 Å². The first-order valence-electron chi connectivity index (χ1n) is 5.70. The second-order valence-corrected chi connectivity index (χ2v) is 4.77. The summed E-state index contributed by atoms with van der Waals surface area (Å²) < 4.78 is 40.7. The summed E-state index contributed by atoms with van der Waals surface area (Å²) in [7, 11) is 0. The van der Waals surface area contributed by atoms with Crippen LogP contribution in [0.1, 0.15) is 17.3 Å². The number of nitrogens with two attached hydrogens (primary N) is 1. The average Bonchev–Trinajstić information content (AvgIpc) is 2.35. The Morgan fingerprint density at radius 3 is 2.85 bits per heavy atom. The van der Waals surface area contributed by atoms with Gasteiger partial charge in [-0.15, -0.1) is 0 Å². The van der Waals surface area contributed by atoms with Crippen LogP contribution in [0.25, 0.3) is 0 Å². The molecule has 0 bridgehead atoms. The molecule has 0 spiro atoms. The number of halogens is 3. The lowest BCUT2D eigenvalue weighted by molar-refractivity contribution is -0.0327. The fourth-order valence-corrected chi connectivity index (χ4v) is 1.76. The number of rotatable bonds is 6. The third-order valence-corrected chi connectivity index (χ3v) is 2.80. The summed E-state index contributed by atoms with van der Waals surface area (Å²) in [6.45, 7) is 1.83. The molecule has 9 heteroatoms. The maximum absolute atomic E-state index is 12.0. The molecular formula is C11H14F3N3O2S. The summed E-state index contributed by atoms with van der Waals surface area (Å²) in [4.78, 5) is 15.6. The van der Waals surface area contributed by atoms with Crippen LogP contribution in [0.3, 0.4) is 0 Å². The lowest BCUT2D eigenvalue weighted by Crippen LogP contribution is -2.15. The number of nitrogens with one attached hydrogen (secondary N) is 1. The van der Waals surface area contributed by atoms with Gasteiger partial charge in [-0.3, -0.25) is 0 Å². The van der Waals surface area contributed by atoms with E-state index in [4.69, 9.17) is 10.5 Å². The number of ether oxygens (including phenoxy) is 1. The smallest absolute Gasteiger partial charge is 0.441 e. The molecule has 1 rings (SSSR count). The number of anilines is 2. The van der Waals surface area contributed by atoms with Gasteiger partial charge in [-0.25, -0.2) is 9.78 Å². The van der Waals surface area contributed by atoms with E-state index >= 15 is 0 Å². The SMILES string of the molecule is CCOC(=O)c1cc(N)cnc1NCCSC(F)(F)F. The van der Waals surface area contributed by atoms with Gasteiger partial charge in [0.15, 0.2) is 0 Å². The number of carbonyl (C=O) groups excluding carboxylic acids is 1. The largest absolute Gasteiger partial charge is 0.462 e. The molecule has 0 aliphatic carbocycles. The van der Waals surface area contributed by atoms with Gasteiger partial charge >= 0.3 is 11.5 Å². The minimum Gasteiger partial charge on any atom is -0.462 e. The number of nitrogens with zero attached hydrogens (tertiary/aromatic N) is 1. The van der Waals surface area contributed by atoms with Crippen molar-refractivity contribution < 1.29 is 22.7 Å². The average molecular weight is 309 g/mol. The number of nitrogen functional groups attached to an aromatic ring is 1. The molecule has 0 unspecified atom stereocenters. The summed E-state index contributed by atoms with van der Waals surface area (Å²) >= 11 is -0.151. The molecule has 1 aromatic rings. The van der Waals surface area contributed by atoms with E-state index in [-0.39, 0.29) is 47.7 Å². The minimum atomic E-state index is -4.28. The van der Waals surface area contributed by atoms with E-state index in [0.717, 1.165) is 0 Å². The first kappa shape index (κ1) is 16.4. The highest BCUT2D eigenvalue weighted by Crippen LogP contribution is 2.29. The van der Waals surface area contributed by atoms with Gasteiger partial charge in [0.2, 0.25) is 0 Å². The number of alkyl halides is 3. The molecule has 1 heterocycles. The summed E-state index contributed by atoms with van der Waals surface area (Å²) in [5.41, 5.74) is 1.61. The molecule has 0 saturated carbocycles. The molecular weight excluding hydrogens is 295 g/mol. The first-order chi connectivity index (χ1) is 9.33. The predicted molar refractivity (Wildman–Crippen MR) is 71.6 cm³/mol. The molecule has 0 amide bonds. The molecule has 0 radical (unpaired) electrons. The van der Waals surface area contributed by atoms with Crippen LogP contribution in [0, 0.1) is 0 Å². The zero-order valence-electron chi connectivity index (χ0n) is 10.7. The van der Waals surface area contributed by atoms with Crippen molar-refractivity contribution >= 4 is 29.2 Å². The summed E-state index contributed by atoms with van der Waals surface area (Å²) in [6.07, 6.45) is 1.31. The summed E-state index contributed by atoms with van der Waals surface area (Å²) in [6, 6.07) is 1.37. The van der Waals surface area contributed by atoms with Gasteiger partial charge in [-0.2, -0.15) is 13.2 Å². The Morgan fingerprint density at radius 1 is 1.55 bits per heavy atom. The van der Waals surface area contributed by atoms with Gasteiger partial charge in [0, 0.05) is 12.3 Å². The van der Waals surface area contributed by atoms with E-state index in [0.29, 0.717) is 0 Å². The van der Waals surface area contributed by atoms with Crippen molar-refractivity contribution in [2.75, 3.05) is 30.0 Å². The Morgan fingerprint density at radius 2 is 2.25 bits per heavy atom. The maximum Gasteiger partial charge on any atom is 0.441 e. The lowest BCUT2D eigenvalue weighted by Gasteiger charge is -2.11. The number of hydrogen-bond donors (Lipinski definition) is 2. The molecule has 112 valence electrons. The highest BCUT2D eigenvalue weighted by Gasteiger charge is 2.27. The van der Waals surface area contributed by atoms with Crippen molar-refractivity contribution in [1.82, 2.24) is 4.98 Å². The maximum atomic E-state index is 12.0. The van der Waals surface area contributed by atoms with Crippen LogP contribution in [0.4, 0.5) is 24.7 Å². The topological polar surface area (TPSA) is 77.2 Å². The molecule has 0 saturated heterocycles. The Hall–Kier alpha value is -1.64. The second kappa shape index (κ2) is 7.22. The third kappa shape index (κ3) is 5.55. The fraction of sp³-hybridized carbons (Fsp3) is 0.455. The highest BCUT2D eigenvalue weighted by atomic mass is 32.2. The van der Waals surface area contributed by atoms with Crippen LogP contribution >= 0.6 is 11.8 Å². The van der Waals surface area contributed by atoms with E-state index in [9.17, 15) is 18.0 Å². The van der Waals surface area contributed by atoms with E-state index < -0.39 is 11.5 Å². The van der Waals surface area contributed by atoms with Gasteiger partial charge in [-0.05, 0) is 24.8 Å². The third-order valence-electron chi connectivity index (χ3n) is 2.06. The number of hydrogen-bond acceptors (Lipinski definition) is 6. The number of esters is 1. The first-order valence-corrected chi connectivity index (χ1v) is 6.69. The normalized spacial score (nSPS) is 11.2. The van der Waals surface area contributed by atoms with Crippen molar-refractivity contribution in [3.05, 3.63) is 17.8 Å². The number of pyridine rings is 1. The standard InChI is InChI=1S/C11H14F3N3O2S/c1-2-19-10(18)8-5-7(15)6-17-9(8)16-3-4-20-11(12,13)14/h5-6H,2-4,15H2,1H3,(H,16,17). The van der Waals surface area contributed by atoms with Crippen LogP contribution < -0.4 is 11.1 Å². The molecule has 0 aromatic carbocycles. The zero-order chi connectivity index (χ0) is 15.2. The number of thioether (sulfide) groups is 1. The monoisotopic (exact) mass is 309 g/mol. The Kier molecular flexibility index (Phi) is 5.93. The fourth-order valence-electron chi connectivity index (χ4n) is 1.32. The number of carbonyl (C=O) groups is 1.